The van der Waals surface area contributed by atoms with Crippen molar-refractivity contribution in [2.24, 2.45) is 5.14 Å². The molecule has 5 nitrogen and oxygen atoms in total. The van der Waals surface area contributed by atoms with Gasteiger partial charge in [-0.1, -0.05) is 12.8 Å². The minimum atomic E-state index is -3.73. The van der Waals surface area contributed by atoms with Gasteiger partial charge in [0.1, 0.15) is 0 Å². The first-order valence-electron chi connectivity index (χ1n) is 6.67. The molecule has 2 rings (SSSR count). The molecule has 0 aromatic heterocycles. The van der Waals surface area contributed by atoms with Crippen molar-refractivity contribution in [3.8, 4) is 0 Å². The summed E-state index contributed by atoms with van der Waals surface area (Å²) >= 11 is 0. The van der Waals surface area contributed by atoms with E-state index < -0.39 is 10.0 Å². The second-order valence-electron chi connectivity index (χ2n) is 5.74. The minimum absolute atomic E-state index is 0.0265. The smallest absolute Gasteiger partial charge is 0.251 e. The number of hydrogen-bond acceptors (Lipinski definition) is 3. The Morgan fingerprint density at radius 2 is 1.90 bits per heavy atom. The molecule has 3 N–H and O–H groups in total. The Labute approximate surface area is 119 Å². The van der Waals surface area contributed by atoms with Crippen molar-refractivity contribution in [1.82, 2.24) is 5.32 Å². The van der Waals surface area contributed by atoms with Crippen molar-refractivity contribution >= 4 is 15.9 Å². The average Bonchev–Trinajstić information content (AvgIpc) is 2.74. The lowest BCUT2D eigenvalue weighted by Gasteiger charge is -2.25. The molecular formula is C14H20N2O3S. The van der Waals surface area contributed by atoms with E-state index in [2.05, 4.69) is 5.32 Å². The lowest BCUT2D eigenvalue weighted by Crippen LogP contribution is -2.43. The lowest BCUT2D eigenvalue weighted by atomic mass is 9.99. The van der Waals surface area contributed by atoms with Crippen LogP contribution in [-0.2, 0) is 10.0 Å². The van der Waals surface area contributed by atoms with Gasteiger partial charge in [-0.25, -0.2) is 13.6 Å². The van der Waals surface area contributed by atoms with Gasteiger partial charge in [0.2, 0.25) is 10.0 Å². The summed E-state index contributed by atoms with van der Waals surface area (Å²) in [5.41, 5.74) is 0.948. The predicted molar refractivity (Wildman–Crippen MR) is 76.9 cm³/mol. The number of carbonyl (C=O) groups excluding carboxylic acids is 1. The van der Waals surface area contributed by atoms with Crippen LogP contribution in [0.15, 0.2) is 23.1 Å². The van der Waals surface area contributed by atoms with Gasteiger partial charge in [-0.2, -0.15) is 0 Å². The third-order valence-corrected chi connectivity index (χ3v) is 4.80. The molecule has 6 heteroatoms. The maximum Gasteiger partial charge on any atom is 0.251 e. The monoisotopic (exact) mass is 296 g/mol. The second kappa shape index (κ2) is 5.18. The molecule has 0 radical (unpaired) electrons. The molecule has 1 fully saturated rings. The molecule has 1 saturated carbocycles. The van der Waals surface area contributed by atoms with Gasteiger partial charge in [-0.05, 0) is 50.5 Å². The minimum Gasteiger partial charge on any atom is -0.347 e. The molecule has 1 aromatic carbocycles. The fourth-order valence-electron chi connectivity index (χ4n) is 2.69. The zero-order valence-electron chi connectivity index (χ0n) is 11.8. The van der Waals surface area contributed by atoms with Crippen LogP contribution < -0.4 is 10.5 Å². The number of amides is 1. The normalized spacial score (nSPS) is 17.9. The first kappa shape index (κ1) is 15.0. The Morgan fingerprint density at radius 3 is 2.40 bits per heavy atom. The van der Waals surface area contributed by atoms with Crippen LogP contribution in [0.5, 0.6) is 0 Å². The van der Waals surface area contributed by atoms with Gasteiger partial charge in [0.05, 0.1) is 4.90 Å². The first-order valence-corrected chi connectivity index (χ1v) is 8.22. The van der Waals surface area contributed by atoms with Gasteiger partial charge in [0, 0.05) is 11.1 Å². The molecule has 20 heavy (non-hydrogen) atoms. The molecule has 1 aliphatic carbocycles. The van der Waals surface area contributed by atoms with Crippen LogP contribution in [0.4, 0.5) is 0 Å². The third-order valence-electron chi connectivity index (χ3n) is 3.89. The van der Waals surface area contributed by atoms with Gasteiger partial charge in [0.15, 0.2) is 0 Å². The number of nitrogens with one attached hydrogen (secondary N) is 1. The molecule has 0 atom stereocenters. The van der Waals surface area contributed by atoms with Crippen LogP contribution in [0, 0.1) is 6.92 Å². The summed E-state index contributed by atoms with van der Waals surface area (Å²) in [4.78, 5) is 12.3. The van der Waals surface area contributed by atoms with E-state index in [1.807, 2.05) is 6.92 Å². The maximum atomic E-state index is 12.3. The van der Waals surface area contributed by atoms with Crippen molar-refractivity contribution in [3.05, 3.63) is 29.3 Å². The largest absolute Gasteiger partial charge is 0.347 e. The molecule has 0 unspecified atom stereocenters. The quantitative estimate of drug-likeness (QED) is 0.889. The van der Waals surface area contributed by atoms with Crippen LogP contribution in [0.1, 0.15) is 48.5 Å². The first-order chi connectivity index (χ1) is 9.21. The van der Waals surface area contributed by atoms with Gasteiger partial charge in [-0.15, -0.1) is 0 Å². The third kappa shape index (κ3) is 3.19. The summed E-state index contributed by atoms with van der Waals surface area (Å²) in [6, 6.07) is 4.32. The summed E-state index contributed by atoms with van der Waals surface area (Å²) < 4.78 is 22.5. The average molecular weight is 296 g/mol. The highest BCUT2D eigenvalue weighted by atomic mass is 32.2. The Hall–Kier alpha value is -1.40. The van der Waals surface area contributed by atoms with E-state index in [0.29, 0.717) is 11.1 Å². The van der Waals surface area contributed by atoms with E-state index in [0.717, 1.165) is 25.7 Å². The lowest BCUT2D eigenvalue weighted by molar-refractivity contribution is 0.0907. The molecule has 0 aliphatic heterocycles. The van der Waals surface area contributed by atoms with Crippen molar-refractivity contribution in [3.63, 3.8) is 0 Å². The van der Waals surface area contributed by atoms with E-state index in [1.54, 1.807) is 6.92 Å². The van der Waals surface area contributed by atoms with Crippen molar-refractivity contribution < 1.29 is 13.2 Å². The maximum absolute atomic E-state index is 12.3. The van der Waals surface area contributed by atoms with Crippen LogP contribution >= 0.6 is 0 Å². The van der Waals surface area contributed by atoms with E-state index in [1.165, 1.54) is 18.2 Å². The van der Waals surface area contributed by atoms with Crippen LogP contribution in [-0.4, -0.2) is 19.9 Å². The van der Waals surface area contributed by atoms with Gasteiger partial charge >= 0.3 is 0 Å². The van der Waals surface area contributed by atoms with Crippen LogP contribution in [0.3, 0.4) is 0 Å². The second-order valence-corrected chi connectivity index (χ2v) is 7.31. The number of sulfonamides is 1. The highest BCUT2D eigenvalue weighted by molar-refractivity contribution is 7.89. The fraction of sp³-hybridized carbons (Fsp3) is 0.500. The highest BCUT2D eigenvalue weighted by Gasteiger charge is 2.30. The summed E-state index contributed by atoms with van der Waals surface area (Å²) in [5.74, 6) is -0.159. The number of primary sulfonamides is 1. The summed E-state index contributed by atoms with van der Waals surface area (Å²) in [6.07, 6.45) is 4.21. The molecule has 1 amide bonds. The highest BCUT2D eigenvalue weighted by Crippen LogP contribution is 2.29. The topological polar surface area (TPSA) is 89.3 Å². The van der Waals surface area contributed by atoms with E-state index >= 15 is 0 Å². The Bertz CT molecular complexity index is 632. The fourth-order valence-corrected chi connectivity index (χ4v) is 3.29. The zero-order chi connectivity index (χ0) is 15.0. The van der Waals surface area contributed by atoms with E-state index in [-0.39, 0.29) is 16.3 Å². The number of nitrogens with two attached hydrogens (primary N) is 1. The molecule has 110 valence electrons. The number of carbonyl (C=O) groups is 1. The Balaban J connectivity index is 2.23. The number of aryl methyl sites for hydroxylation is 1. The number of hydrogen-bond donors (Lipinski definition) is 2. The summed E-state index contributed by atoms with van der Waals surface area (Å²) in [5, 5.41) is 8.13. The number of rotatable bonds is 3. The standard InChI is InChI=1S/C14H20N2O3S/c1-10-9-11(20(15,18)19)5-6-12(10)13(17)16-14(2)7-3-4-8-14/h5-6,9H,3-4,7-8H2,1-2H3,(H,16,17)(H2,15,18,19). The van der Waals surface area contributed by atoms with E-state index in [9.17, 15) is 13.2 Å². The molecule has 0 spiro atoms. The molecule has 0 heterocycles. The van der Waals surface area contributed by atoms with Crippen LogP contribution in [0.2, 0.25) is 0 Å². The van der Waals surface area contributed by atoms with Crippen LogP contribution in [0.25, 0.3) is 0 Å². The summed E-state index contributed by atoms with van der Waals surface area (Å²) in [7, 11) is -3.73. The number of benzene rings is 1. The summed E-state index contributed by atoms with van der Waals surface area (Å²) in [6.45, 7) is 3.76. The molecule has 1 aromatic rings. The molecular weight excluding hydrogens is 276 g/mol. The Kier molecular flexibility index (Phi) is 3.88. The van der Waals surface area contributed by atoms with Crippen molar-refractivity contribution in [2.45, 2.75) is 50.0 Å². The van der Waals surface area contributed by atoms with Gasteiger partial charge < -0.3 is 5.32 Å². The van der Waals surface area contributed by atoms with Crippen molar-refractivity contribution in [1.29, 1.82) is 0 Å². The van der Waals surface area contributed by atoms with E-state index in [4.69, 9.17) is 5.14 Å². The molecule has 0 bridgehead atoms. The molecule has 0 saturated heterocycles. The zero-order valence-corrected chi connectivity index (χ0v) is 12.6. The SMILES string of the molecule is Cc1cc(S(N)(=O)=O)ccc1C(=O)NC1(C)CCCC1. The van der Waals surface area contributed by atoms with Gasteiger partial charge in [0.25, 0.3) is 5.91 Å². The van der Waals surface area contributed by atoms with Crippen molar-refractivity contribution in [2.75, 3.05) is 0 Å². The van der Waals surface area contributed by atoms with Gasteiger partial charge in [-0.3, -0.25) is 4.79 Å². The predicted octanol–water partition coefficient (Wildman–Crippen LogP) is 1.70. The Morgan fingerprint density at radius 1 is 1.30 bits per heavy atom. The molecule has 1 aliphatic rings.